The second-order valence-corrected chi connectivity index (χ2v) is 5.91. The Kier molecular flexibility index (Phi) is 3.36. The normalized spacial score (nSPS) is 29.2. The molecule has 0 amide bonds. The van der Waals surface area contributed by atoms with E-state index < -0.39 is 0 Å². The Balaban J connectivity index is 1.80. The monoisotopic (exact) mass is 211 g/mol. The van der Waals surface area contributed by atoms with Gasteiger partial charge in [0, 0.05) is 12.1 Å². The molecular weight excluding hydrogens is 186 g/mol. The largest absolute Gasteiger partial charge is 0.389 e. The minimum absolute atomic E-state index is 0.302. The first-order chi connectivity index (χ1) is 7.12. The van der Waals surface area contributed by atoms with Gasteiger partial charge in [0.2, 0.25) is 0 Å². The summed E-state index contributed by atoms with van der Waals surface area (Å²) in [5.41, 5.74) is -0.0863. The summed E-state index contributed by atoms with van der Waals surface area (Å²) in [6.45, 7) is 3.13. The summed E-state index contributed by atoms with van der Waals surface area (Å²) in [6.07, 6.45) is 11.0. The summed E-state index contributed by atoms with van der Waals surface area (Å²) < 4.78 is 0. The average Bonchev–Trinajstić information content (AvgIpc) is 2.65. The van der Waals surface area contributed by atoms with E-state index in [4.69, 9.17) is 0 Å². The van der Waals surface area contributed by atoms with Crippen LogP contribution in [0.5, 0.6) is 0 Å². The first kappa shape index (κ1) is 11.4. The van der Waals surface area contributed by atoms with Crippen LogP contribution < -0.4 is 5.32 Å². The molecule has 2 aliphatic rings. The van der Waals surface area contributed by atoms with Crippen molar-refractivity contribution in [2.45, 2.75) is 75.9 Å². The minimum Gasteiger partial charge on any atom is -0.389 e. The van der Waals surface area contributed by atoms with Gasteiger partial charge in [-0.15, -0.1) is 0 Å². The Bertz CT molecular complexity index is 203. The van der Waals surface area contributed by atoms with Crippen LogP contribution in [-0.2, 0) is 0 Å². The Morgan fingerprint density at radius 3 is 2.07 bits per heavy atom. The summed E-state index contributed by atoms with van der Waals surface area (Å²) >= 11 is 0. The Hall–Kier alpha value is -0.0800. The zero-order chi connectivity index (χ0) is 10.8. The summed E-state index contributed by atoms with van der Waals surface area (Å²) in [4.78, 5) is 0. The van der Waals surface area contributed by atoms with Crippen LogP contribution in [0.2, 0.25) is 0 Å². The van der Waals surface area contributed by atoms with Gasteiger partial charge in [-0.25, -0.2) is 0 Å². The fourth-order valence-electron chi connectivity index (χ4n) is 3.10. The van der Waals surface area contributed by atoms with Crippen LogP contribution in [0, 0.1) is 0 Å². The van der Waals surface area contributed by atoms with Crippen molar-refractivity contribution in [3.63, 3.8) is 0 Å². The first-order valence-corrected chi connectivity index (χ1v) is 6.59. The topological polar surface area (TPSA) is 32.3 Å². The van der Waals surface area contributed by atoms with Gasteiger partial charge in [-0.1, -0.05) is 32.1 Å². The third kappa shape index (κ3) is 2.94. The van der Waals surface area contributed by atoms with Crippen molar-refractivity contribution in [1.82, 2.24) is 5.32 Å². The summed E-state index contributed by atoms with van der Waals surface area (Å²) in [6, 6.07) is 0. The Morgan fingerprint density at radius 1 is 0.933 bits per heavy atom. The molecule has 2 saturated carbocycles. The van der Waals surface area contributed by atoms with Gasteiger partial charge in [0.05, 0.1) is 5.60 Å². The van der Waals surface area contributed by atoms with Crippen LogP contribution >= 0.6 is 0 Å². The smallest absolute Gasteiger partial charge is 0.0771 e. The van der Waals surface area contributed by atoms with Crippen molar-refractivity contribution >= 4 is 0 Å². The highest BCUT2D eigenvalue weighted by Gasteiger charge is 2.34. The molecular formula is C13H25NO. The highest BCUT2D eigenvalue weighted by atomic mass is 16.3. The van der Waals surface area contributed by atoms with Crippen LogP contribution in [0.25, 0.3) is 0 Å². The van der Waals surface area contributed by atoms with Crippen molar-refractivity contribution < 1.29 is 5.11 Å². The number of aliphatic hydroxyl groups is 1. The molecule has 2 aliphatic carbocycles. The molecule has 2 heteroatoms. The fourth-order valence-corrected chi connectivity index (χ4v) is 3.10. The van der Waals surface area contributed by atoms with Crippen molar-refractivity contribution in [1.29, 1.82) is 0 Å². The molecule has 2 rings (SSSR count). The zero-order valence-corrected chi connectivity index (χ0v) is 10.0. The molecule has 0 aromatic heterocycles. The van der Waals surface area contributed by atoms with Crippen molar-refractivity contribution in [2.75, 3.05) is 6.54 Å². The predicted molar refractivity (Wildman–Crippen MR) is 62.9 cm³/mol. The molecule has 2 fully saturated rings. The Morgan fingerprint density at radius 2 is 1.47 bits per heavy atom. The maximum atomic E-state index is 10.3. The van der Waals surface area contributed by atoms with Gasteiger partial charge in [-0.3, -0.25) is 0 Å². The maximum absolute atomic E-state index is 10.3. The number of hydrogen-bond acceptors (Lipinski definition) is 2. The minimum atomic E-state index is -0.388. The van der Waals surface area contributed by atoms with Crippen LogP contribution in [0.15, 0.2) is 0 Å². The maximum Gasteiger partial charge on any atom is 0.0771 e. The van der Waals surface area contributed by atoms with Gasteiger partial charge in [0.15, 0.2) is 0 Å². The molecule has 0 atom stereocenters. The molecule has 2 N–H and O–H groups in total. The molecule has 0 saturated heterocycles. The molecule has 2 nitrogen and oxygen atoms in total. The lowest BCUT2D eigenvalue weighted by Gasteiger charge is -2.37. The number of hydrogen-bond donors (Lipinski definition) is 2. The van der Waals surface area contributed by atoms with Crippen LogP contribution in [0.4, 0.5) is 0 Å². The van der Waals surface area contributed by atoms with E-state index in [0.717, 1.165) is 19.4 Å². The van der Waals surface area contributed by atoms with Crippen LogP contribution in [0.3, 0.4) is 0 Å². The highest BCUT2D eigenvalue weighted by Crippen LogP contribution is 2.32. The second kappa shape index (κ2) is 4.42. The Labute approximate surface area is 93.5 Å². The molecule has 0 aromatic rings. The summed E-state index contributed by atoms with van der Waals surface area (Å²) in [5.74, 6) is 0. The van der Waals surface area contributed by atoms with E-state index in [-0.39, 0.29) is 5.60 Å². The first-order valence-electron chi connectivity index (χ1n) is 6.59. The molecule has 0 aliphatic heterocycles. The number of nitrogens with one attached hydrogen (secondary N) is 1. The molecule has 0 spiro atoms. The molecule has 15 heavy (non-hydrogen) atoms. The number of rotatable bonds is 3. The van der Waals surface area contributed by atoms with E-state index in [2.05, 4.69) is 12.2 Å². The third-order valence-electron chi connectivity index (χ3n) is 4.34. The van der Waals surface area contributed by atoms with Gasteiger partial charge >= 0.3 is 0 Å². The average molecular weight is 211 g/mol. The number of β-amino-alcohol motifs (C(OH)–C–C–N with tert-alkyl or cyclic N) is 1. The van der Waals surface area contributed by atoms with Gasteiger partial charge in [0.25, 0.3) is 0 Å². The van der Waals surface area contributed by atoms with Gasteiger partial charge in [-0.2, -0.15) is 0 Å². The lowest BCUT2D eigenvalue weighted by Crippen LogP contribution is -2.50. The molecule has 0 radical (unpaired) electrons. The standard InChI is InChI=1S/C13H25NO/c1-12(7-3-2-4-8-12)14-11-13(15)9-5-6-10-13/h14-15H,2-11H2,1H3. The summed E-state index contributed by atoms with van der Waals surface area (Å²) in [5, 5.41) is 13.9. The molecule has 88 valence electrons. The SMILES string of the molecule is CC1(NCC2(O)CCCC2)CCCCC1. The third-order valence-corrected chi connectivity index (χ3v) is 4.34. The van der Waals surface area contributed by atoms with Crippen molar-refractivity contribution in [3.05, 3.63) is 0 Å². The van der Waals surface area contributed by atoms with Crippen molar-refractivity contribution in [3.8, 4) is 0 Å². The van der Waals surface area contributed by atoms with E-state index in [1.54, 1.807) is 0 Å². The van der Waals surface area contributed by atoms with Crippen molar-refractivity contribution in [2.24, 2.45) is 0 Å². The van der Waals surface area contributed by atoms with E-state index in [9.17, 15) is 5.11 Å². The second-order valence-electron chi connectivity index (χ2n) is 5.91. The highest BCUT2D eigenvalue weighted by molar-refractivity contribution is 4.92. The lowest BCUT2D eigenvalue weighted by molar-refractivity contribution is 0.0361. The van der Waals surface area contributed by atoms with Crippen LogP contribution in [-0.4, -0.2) is 22.8 Å². The van der Waals surface area contributed by atoms with Gasteiger partial charge < -0.3 is 10.4 Å². The van der Waals surface area contributed by atoms with E-state index in [1.807, 2.05) is 0 Å². The lowest BCUT2D eigenvalue weighted by atomic mass is 9.83. The van der Waals surface area contributed by atoms with E-state index >= 15 is 0 Å². The molecule has 0 unspecified atom stereocenters. The zero-order valence-electron chi connectivity index (χ0n) is 10.0. The predicted octanol–water partition coefficient (Wildman–Crippen LogP) is 2.60. The van der Waals surface area contributed by atoms with E-state index in [1.165, 1.54) is 44.9 Å². The van der Waals surface area contributed by atoms with Gasteiger partial charge in [-0.05, 0) is 32.6 Å². The summed E-state index contributed by atoms with van der Waals surface area (Å²) in [7, 11) is 0. The molecule has 0 heterocycles. The quantitative estimate of drug-likeness (QED) is 0.752. The fraction of sp³-hybridized carbons (Fsp3) is 1.00. The molecule has 0 bridgehead atoms. The van der Waals surface area contributed by atoms with E-state index in [0.29, 0.717) is 5.54 Å². The molecule has 0 aromatic carbocycles. The van der Waals surface area contributed by atoms with Crippen LogP contribution in [0.1, 0.15) is 64.7 Å². The van der Waals surface area contributed by atoms with Gasteiger partial charge in [0.1, 0.15) is 0 Å².